The van der Waals surface area contributed by atoms with Gasteiger partial charge in [0.25, 0.3) is 5.91 Å². The Morgan fingerprint density at radius 2 is 1.82 bits per heavy atom. The van der Waals surface area contributed by atoms with Gasteiger partial charge < -0.3 is 9.26 Å². The number of carbonyl (C=O) groups is 2. The molecule has 1 aromatic heterocycles. The molecule has 146 valence electrons. The first-order valence-corrected chi connectivity index (χ1v) is 9.18. The first-order valence-electron chi connectivity index (χ1n) is 9.18. The Balaban J connectivity index is 1.48. The smallest absolute Gasteiger partial charge is 0.269 e. The highest BCUT2D eigenvalue weighted by molar-refractivity contribution is 5.96. The third-order valence-electron chi connectivity index (χ3n) is 4.18. The van der Waals surface area contributed by atoms with Gasteiger partial charge in [0.1, 0.15) is 11.4 Å². The molecule has 7 heteroatoms. The summed E-state index contributed by atoms with van der Waals surface area (Å²) in [5.74, 6) is 0.483. The number of amides is 2. The predicted molar refractivity (Wildman–Crippen MR) is 105 cm³/mol. The molecule has 3 aromatic rings. The van der Waals surface area contributed by atoms with Crippen LogP contribution in [0.3, 0.4) is 0 Å². The molecule has 1 heterocycles. The Labute approximate surface area is 163 Å². The van der Waals surface area contributed by atoms with Crippen molar-refractivity contribution in [3.63, 3.8) is 0 Å². The van der Waals surface area contributed by atoms with Crippen molar-refractivity contribution >= 4 is 22.8 Å². The third kappa shape index (κ3) is 5.09. The van der Waals surface area contributed by atoms with E-state index in [1.54, 1.807) is 30.3 Å². The molecule has 0 saturated carbocycles. The summed E-state index contributed by atoms with van der Waals surface area (Å²) in [6.45, 7) is 4.91. The molecule has 7 nitrogen and oxygen atoms in total. The fourth-order valence-electron chi connectivity index (χ4n) is 2.58. The van der Waals surface area contributed by atoms with E-state index < -0.39 is 5.91 Å². The Kier molecular flexibility index (Phi) is 6.26. The number of hydrogen-bond acceptors (Lipinski definition) is 5. The lowest BCUT2D eigenvalue weighted by Crippen LogP contribution is -2.42. The van der Waals surface area contributed by atoms with Crippen LogP contribution in [-0.4, -0.2) is 23.6 Å². The minimum atomic E-state index is -0.410. The second-order valence-electron chi connectivity index (χ2n) is 6.86. The van der Waals surface area contributed by atoms with Gasteiger partial charge >= 0.3 is 0 Å². The maximum absolute atomic E-state index is 12.2. The van der Waals surface area contributed by atoms with Gasteiger partial charge in [0.05, 0.1) is 13.0 Å². The number of nitrogens with one attached hydrogen (secondary N) is 2. The molecule has 0 radical (unpaired) electrons. The van der Waals surface area contributed by atoms with Crippen LogP contribution in [0, 0.1) is 5.92 Å². The molecule has 0 spiro atoms. The van der Waals surface area contributed by atoms with Gasteiger partial charge in [-0.1, -0.05) is 31.1 Å². The highest BCUT2D eigenvalue weighted by Gasteiger charge is 2.13. The number of para-hydroxylation sites is 1. The molecule has 0 aliphatic carbocycles. The molecule has 3 rings (SSSR count). The van der Waals surface area contributed by atoms with E-state index in [9.17, 15) is 9.59 Å². The van der Waals surface area contributed by atoms with Gasteiger partial charge in [-0.05, 0) is 48.7 Å². The van der Waals surface area contributed by atoms with Gasteiger partial charge in [-0.3, -0.25) is 20.4 Å². The van der Waals surface area contributed by atoms with Crippen molar-refractivity contribution in [2.45, 2.75) is 26.7 Å². The monoisotopic (exact) mass is 381 g/mol. The summed E-state index contributed by atoms with van der Waals surface area (Å²) in [5.41, 5.74) is 6.35. The van der Waals surface area contributed by atoms with E-state index in [0.29, 0.717) is 35.1 Å². The van der Waals surface area contributed by atoms with E-state index in [1.165, 1.54) is 0 Å². The molecule has 2 N–H and O–H groups in total. The summed E-state index contributed by atoms with van der Waals surface area (Å²) in [7, 11) is 0. The molecular weight excluding hydrogens is 358 g/mol. The molecule has 0 aliphatic rings. The average molecular weight is 381 g/mol. The Morgan fingerprint density at radius 3 is 2.57 bits per heavy atom. The molecule has 0 saturated heterocycles. The second-order valence-corrected chi connectivity index (χ2v) is 6.86. The quantitative estimate of drug-likeness (QED) is 0.613. The van der Waals surface area contributed by atoms with E-state index in [4.69, 9.17) is 9.26 Å². The topological polar surface area (TPSA) is 93.5 Å². The van der Waals surface area contributed by atoms with E-state index in [0.717, 1.165) is 11.8 Å². The van der Waals surface area contributed by atoms with Crippen molar-refractivity contribution in [1.82, 2.24) is 16.0 Å². The second kappa shape index (κ2) is 9.03. The van der Waals surface area contributed by atoms with Crippen LogP contribution in [0.5, 0.6) is 5.75 Å². The van der Waals surface area contributed by atoms with Crippen molar-refractivity contribution in [2.75, 3.05) is 6.61 Å². The first kappa shape index (κ1) is 19.4. The van der Waals surface area contributed by atoms with E-state index in [-0.39, 0.29) is 12.3 Å². The fraction of sp³-hybridized carbons (Fsp3) is 0.286. The van der Waals surface area contributed by atoms with Crippen molar-refractivity contribution in [3.8, 4) is 5.75 Å². The lowest BCUT2D eigenvalue weighted by atomic mass is 10.1. The van der Waals surface area contributed by atoms with Crippen LogP contribution >= 0.6 is 0 Å². The third-order valence-corrected chi connectivity index (χ3v) is 4.18. The zero-order valence-corrected chi connectivity index (χ0v) is 15.9. The fourth-order valence-corrected chi connectivity index (χ4v) is 2.58. The Bertz CT molecular complexity index is 948. The number of hydrogen-bond donors (Lipinski definition) is 2. The molecule has 28 heavy (non-hydrogen) atoms. The van der Waals surface area contributed by atoms with Gasteiger partial charge in [0.2, 0.25) is 5.91 Å². The highest BCUT2D eigenvalue weighted by Crippen LogP contribution is 2.18. The van der Waals surface area contributed by atoms with Crippen LogP contribution in [0.25, 0.3) is 11.0 Å². The molecule has 0 unspecified atom stereocenters. The summed E-state index contributed by atoms with van der Waals surface area (Å²) in [6, 6.07) is 14.1. The number of hydrazine groups is 1. The number of rotatable bonds is 7. The zero-order valence-electron chi connectivity index (χ0n) is 15.9. The maximum atomic E-state index is 12.2. The molecule has 2 aromatic carbocycles. The first-order chi connectivity index (χ1) is 13.5. The summed E-state index contributed by atoms with van der Waals surface area (Å²) in [4.78, 5) is 24.3. The lowest BCUT2D eigenvalue weighted by Gasteiger charge is -2.09. The van der Waals surface area contributed by atoms with Crippen LogP contribution in [0.2, 0.25) is 0 Å². The van der Waals surface area contributed by atoms with Crippen molar-refractivity contribution in [3.05, 3.63) is 59.8 Å². The molecule has 0 atom stereocenters. The number of benzene rings is 2. The summed E-state index contributed by atoms with van der Waals surface area (Å²) >= 11 is 0. The predicted octanol–water partition coefficient (Wildman–Crippen LogP) is 3.26. The van der Waals surface area contributed by atoms with Gasteiger partial charge in [-0.25, -0.2) is 0 Å². The number of aromatic nitrogens is 1. The zero-order chi connectivity index (χ0) is 19.9. The van der Waals surface area contributed by atoms with Crippen LogP contribution in [-0.2, 0) is 11.2 Å². The lowest BCUT2D eigenvalue weighted by molar-refractivity contribution is -0.121. The van der Waals surface area contributed by atoms with Gasteiger partial charge in [-0.2, -0.15) is 0 Å². The molecule has 2 amide bonds. The molecule has 0 bridgehead atoms. The number of ether oxygens (including phenoxy) is 1. The van der Waals surface area contributed by atoms with Gasteiger partial charge in [0.15, 0.2) is 5.58 Å². The minimum absolute atomic E-state index is 0.0000770. The van der Waals surface area contributed by atoms with Crippen molar-refractivity contribution < 1.29 is 18.8 Å². The standard InChI is InChI=1S/C21H23N3O4/c1-14(2)11-12-27-16-9-7-15(8-10-16)21(26)23-22-20(25)13-18-17-5-3-4-6-19(17)28-24-18/h3-10,14H,11-13H2,1-2H3,(H,22,25)(H,23,26). The van der Waals surface area contributed by atoms with Crippen molar-refractivity contribution in [1.29, 1.82) is 0 Å². The van der Waals surface area contributed by atoms with Crippen LogP contribution < -0.4 is 15.6 Å². The van der Waals surface area contributed by atoms with E-state index in [2.05, 4.69) is 29.9 Å². The van der Waals surface area contributed by atoms with Gasteiger partial charge in [0, 0.05) is 10.9 Å². The Hall–Kier alpha value is -3.35. The normalized spacial score (nSPS) is 10.8. The summed E-state index contributed by atoms with van der Waals surface area (Å²) < 4.78 is 10.8. The highest BCUT2D eigenvalue weighted by atomic mass is 16.5. The number of nitrogens with zero attached hydrogens (tertiary/aromatic N) is 1. The minimum Gasteiger partial charge on any atom is -0.494 e. The largest absolute Gasteiger partial charge is 0.494 e. The van der Waals surface area contributed by atoms with Crippen LogP contribution in [0.15, 0.2) is 53.1 Å². The average Bonchev–Trinajstić information content (AvgIpc) is 3.09. The molecule has 0 fully saturated rings. The number of fused-ring (bicyclic) bond motifs is 1. The molecular formula is C21H23N3O4. The van der Waals surface area contributed by atoms with E-state index >= 15 is 0 Å². The number of carbonyl (C=O) groups excluding carboxylic acids is 2. The van der Waals surface area contributed by atoms with E-state index in [1.807, 2.05) is 18.2 Å². The van der Waals surface area contributed by atoms with Gasteiger partial charge in [-0.15, -0.1) is 0 Å². The molecule has 0 aliphatic heterocycles. The van der Waals surface area contributed by atoms with Crippen LogP contribution in [0.4, 0.5) is 0 Å². The Morgan fingerprint density at radius 1 is 1.07 bits per heavy atom. The van der Waals surface area contributed by atoms with Crippen LogP contribution in [0.1, 0.15) is 36.3 Å². The summed E-state index contributed by atoms with van der Waals surface area (Å²) in [5, 5.41) is 4.68. The SMILES string of the molecule is CC(C)CCOc1ccc(C(=O)NNC(=O)Cc2noc3ccccc23)cc1. The van der Waals surface area contributed by atoms with Crippen molar-refractivity contribution in [2.24, 2.45) is 5.92 Å². The maximum Gasteiger partial charge on any atom is 0.269 e. The summed E-state index contributed by atoms with van der Waals surface area (Å²) in [6.07, 6.45) is 0.967.